The van der Waals surface area contributed by atoms with Gasteiger partial charge in [-0.15, -0.1) is 0 Å². The largest absolute Gasteiger partial charge is 0.507 e. The van der Waals surface area contributed by atoms with E-state index in [1.165, 1.54) is 17.2 Å². The van der Waals surface area contributed by atoms with Crippen LogP contribution in [0.15, 0.2) is 112 Å². The topological polar surface area (TPSA) is 210 Å². The van der Waals surface area contributed by atoms with Crippen molar-refractivity contribution >= 4 is 70.7 Å². The summed E-state index contributed by atoms with van der Waals surface area (Å²) in [7, 11) is 6.83. The van der Waals surface area contributed by atoms with Gasteiger partial charge < -0.3 is 50.2 Å². The third kappa shape index (κ3) is 11.1. The Bertz CT molecular complexity index is 4280. The van der Waals surface area contributed by atoms with Crippen molar-refractivity contribution in [3.05, 3.63) is 186 Å². The van der Waals surface area contributed by atoms with Crippen LogP contribution in [0.2, 0.25) is 0 Å². The molecular weight excluding hydrogens is 1230 g/mol. The first-order valence-corrected chi connectivity index (χ1v) is 37.8. The first-order chi connectivity index (χ1) is 44.7. The minimum absolute atomic E-state index is 0.0200. The third-order valence-electron chi connectivity index (χ3n) is 21.2. The number of hydrogen-bond acceptors (Lipinski definition) is 16. The summed E-state index contributed by atoms with van der Waals surface area (Å²) < 4.78 is 13.3. The minimum atomic E-state index is -1.08. The van der Waals surface area contributed by atoms with Crippen molar-refractivity contribution in [2.45, 2.75) is 156 Å². The molecule has 0 unspecified atom stereocenters. The van der Waals surface area contributed by atoms with E-state index in [1.54, 1.807) is 43.2 Å². The standard InChI is InChI=1S/C76H79NO11S4/c1-39(2)23-49-32-54-57-38-90-91-63-30-45(37-77-69(63)48-10-4-9-44(26-48)29-53(57)70(49)83)25-42-7-3-8-43(24-42)28-50(80)27-40-13-15-41(16-14-40)36-76-58-18-17-47-31-46(11-5-20-78)51(19-21-79)52-33-55-65(67(58)64(47)52)56(75(76)86)34-61(59(81)12-6-22-89-92-76)87-74-66(55)60(82)35-62-68(74)71(84)72(85)73(54)88-62/h3-4,7-10,13-18,24,26,32-33,35,39,45-46,51,56,59,61,63,69,75,77-79,81-83,85-86H,5-6,11-12,19-23,25,27-31,34,36-38H2,1-2H3/t45-,46+,51+,56+,59+,61-,63+,69+,75-,76-/m1/s1. The number of rotatable bonds is 7. The van der Waals surface area contributed by atoms with E-state index in [-0.39, 0.29) is 100 Å². The fourth-order valence-electron chi connectivity index (χ4n) is 17.0. The number of benzene rings is 7. The lowest BCUT2D eigenvalue weighted by Crippen LogP contribution is -2.48. The zero-order chi connectivity index (χ0) is 63.3. The number of ketones is 1. The summed E-state index contributed by atoms with van der Waals surface area (Å²) in [6.45, 7) is 4.91. The Hall–Kier alpha value is -5.92. The van der Waals surface area contributed by atoms with E-state index in [0.717, 1.165) is 74.7 Å². The Balaban J connectivity index is 0.996. The Morgan fingerprint density at radius 1 is 0.750 bits per heavy atom. The molecule has 21 rings (SSSR count). The van der Waals surface area contributed by atoms with Crippen LogP contribution in [0.3, 0.4) is 0 Å². The molecule has 7 aromatic carbocycles. The van der Waals surface area contributed by atoms with Gasteiger partial charge in [-0.05, 0) is 196 Å². The number of carbonyl (C=O) groups excluding carboxylic acids is 1. The lowest BCUT2D eigenvalue weighted by Gasteiger charge is -2.49. The summed E-state index contributed by atoms with van der Waals surface area (Å²) in [6, 6.07) is 35.2. The third-order valence-corrected chi connectivity index (χ3v) is 27.1. The number of piperidine rings is 1. The molecule has 12 heterocycles. The Morgan fingerprint density at radius 2 is 1.54 bits per heavy atom. The van der Waals surface area contributed by atoms with Crippen LogP contribution in [0, 0.1) is 17.8 Å². The summed E-state index contributed by atoms with van der Waals surface area (Å²) in [5.41, 5.74) is 12.4. The van der Waals surface area contributed by atoms with Gasteiger partial charge in [-0.25, -0.2) is 0 Å². The van der Waals surface area contributed by atoms with E-state index in [1.807, 2.05) is 18.2 Å². The second-order valence-corrected chi connectivity index (χ2v) is 33.0. The highest BCUT2D eigenvalue weighted by Gasteiger charge is 2.54. The molecule has 8 N–H and O–H groups in total. The Labute approximate surface area is 552 Å². The van der Waals surface area contributed by atoms with Gasteiger partial charge >= 0.3 is 0 Å². The number of hydrogen-bond donors (Lipinski definition) is 8. The molecule has 10 atom stereocenters. The molecule has 2 saturated heterocycles. The van der Waals surface area contributed by atoms with Crippen molar-refractivity contribution < 1.29 is 49.7 Å². The van der Waals surface area contributed by atoms with Crippen LogP contribution < -0.4 is 15.5 Å². The average Bonchev–Trinajstić information content (AvgIpc) is 0.726. The van der Waals surface area contributed by atoms with Crippen molar-refractivity contribution in [1.29, 1.82) is 0 Å². The highest BCUT2D eigenvalue weighted by atomic mass is 33.1. The van der Waals surface area contributed by atoms with E-state index in [4.69, 9.17) is 9.15 Å². The number of carbonyl (C=O) groups is 1. The summed E-state index contributed by atoms with van der Waals surface area (Å²) in [4.78, 5) is 30.1. The summed E-state index contributed by atoms with van der Waals surface area (Å²) >= 11 is 0. The first kappa shape index (κ1) is 62.2. The Kier molecular flexibility index (Phi) is 17.1. The molecule has 2 aliphatic carbocycles. The predicted molar refractivity (Wildman–Crippen MR) is 371 cm³/mol. The van der Waals surface area contributed by atoms with Crippen molar-refractivity contribution in [1.82, 2.24) is 5.32 Å². The van der Waals surface area contributed by atoms with Crippen molar-refractivity contribution in [3.63, 3.8) is 0 Å². The average molecular weight is 1310 g/mol. The molecule has 12 nitrogen and oxygen atoms in total. The highest BCUT2D eigenvalue weighted by Crippen LogP contribution is 2.64. The molecule has 20 bridgehead atoms. The van der Waals surface area contributed by atoms with Crippen LogP contribution in [0.4, 0.5) is 0 Å². The van der Waals surface area contributed by atoms with E-state index >= 15 is 4.79 Å². The number of aromatic hydroxyl groups is 3. The molecule has 92 heavy (non-hydrogen) atoms. The van der Waals surface area contributed by atoms with Crippen LogP contribution in [0.5, 0.6) is 23.0 Å². The number of phenolic OH excluding ortho intramolecular Hbond substituents is 2. The van der Waals surface area contributed by atoms with Crippen LogP contribution in [-0.2, 0) is 60.2 Å². The molecule has 0 amide bonds. The van der Waals surface area contributed by atoms with Gasteiger partial charge in [-0.3, -0.25) is 9.59 Å². The summed E-state index contributed by atoms with van der Waals surface area (Å²) in [6.07, 6.45) is 3.92. The molecule has 0 saturated carbocycles. The molecule has 1 spiro atoms. The molecule has 478 valence electrons. The van der Waals surface area contributed by atoms with Gasteiger partial charge in [-0.1, -0.05) is 142 Å². The highest BCUT2D eigenvalue weighted by molar-refractivity contribution is 8.77. The number of fused-ring (bicyclic) bond motifs is 4. The maximum Gasteiger partial charge on any atom is 0.238 e. The van der Waals surface area contributed by atoms with Gasteiger partial charge in [0.05, 0.1) is 22.5 Å². The smallest absolute Gasteiger partial charge is 0.238 e. The monoisotopic (exact) mass is 1310 g/mol. The quantitative estimate of drug-likeness (QED) is 0.0698. The van der Waals surface area contributed by atoms with E-state index in [9.17, 15) is 40.5 Å². The SMILES string of the molecule is CC(C)Cc1cc2c3c(c1O)Cc1cccc(c1)[C@@H]1NC[C@H](Cc4cccc(c4)CC(=O)Cc4ccc(cc4)C[C@@]45SSCCC[C@H](O)[C@H]6C[C@@H](c7c(cc8c9c(ccc4c79)C[C@H](CCCO)[C@@H]8CCO)-c4c(O)cc7oc-2c(O)c(=O)c7c4O6)[C@H]5O)C[C@@H]1SSC3. The summed E-state index contributed by atoms with van der Waals surface area (Å²) in [5.74, 6) is -0.129. The van der Waals surface area contributed by atoms with Gasteiger partial charge in [0.15, 0.2) is 5.76 Å². The number of ether oxygens (including phenoxy) is 1. The number of Topliss-reactive ketones (excluding diaryl/α,β-unsaturated/α-hetero) is 1. The minimum Gasteiger partial charge on any atom is -0.507 e. The van der Waals surface area contributed by atoms with Gasteiger partial charge in [-0.2, -0.15) is 0 Å². The molecule has 0 radical (unpaired) electrons. The zero-order valence-electron chi connectivity index (χ0n) is 51.9. The molecule has 2 fully saturated rings. The van der Waals surface area contributed by atoms with E-state index < -0.39 is 40.2 Å². The van der Waals surface area contributed by atoms with Crippen LogP contribution in [0.1, 0.15) is 149 Å². The van der Waals surface area contributed by atoms with E-state index in [0.29, 0.717) is 109 Å². The predicted octanol–water partition coefficient (Wildman–Crippen LogP) is 14.0. The molecule has 8 aromatic rings. The maximum atomic E-state index is 16.0. The van der Waals surface area contributed by atoms with Gasteiger partial charge in [0.2, 0.25) is 11.2 Å². The fraction of sp³-hybridized carbons (Fsp3) is 0.421. The molecule has 11 aliphatic heterocycles. The van der Waals surface area contributed by atoms with Gasteiger partial charge in [0.1, 0.15) is 40.1 Å². The lowest BCUT2D eigenvalue weighted by atomic mass is 9.62. The van der Waals surface area contributed by atoms with E-state index in [2.05, 4.69) is 98.0 Å². The maximum absolute atomic E-state index is 16.0. The van der Waals surface area contributed by atoms with Crippen molar-refractivity contribution in [2.75, 3.05) is 25.5 Å². The molecular formula is C76H79NO11S4. The number of aliphatic hydroxyl groups excluding tert-OH is 4. The fourth-order valence-corrected chi connectivity index (χ4v) is 23.4. The second-order valence-electron chi connectivity index (χ2n) is 27.6. The number of aliphatic hydroxyl groups is 4. The first-order valence-electron chi connectivity index (χ1n) is 33.1. The molecule has 1 aromatic heterocycles. The van der Waals surface area contributed by atoms with Crippen LogP contribution >= 0.6 is 43.2 Å². The molecule has 16 heteroatoms. The van der Waals surface area contributed by atoms with Crippen molar-refractivity contribution in [3.8, 4) is 45.4 Å². The van der Waals surface area contributed by atoms with Gasteiger partial charge in [0, 0.05) is 78.4 Å². The van der Waals surface area contributed by atoms with Gasteiger partial charge in [0.25, 0.3) is 0 Å². The van der Waals surface area contributed by atoms with Crippen LogP contribution in [-0.4, -0.2) is 90.6 Å². The second kappa shape index (κ2) is 25.3. The number of nitrogens with one attached hydrogen (secondary N) is 1. The normalized spacial score (nSPS) is 25.9. The summed E-state index contributed by atoms with van der Waals surface area (Å²) in [5, 5.41) is 92.4. The Morgan fingerprint density at radius 3 is 2.36 bits per heavy atom. The molecule has 13 aliphatic rings. The van der Waals surface area contributed by atoms with Crippen molar-refractivity contribution in [2.24, 2.45) is 17.8 Å². The zero-order valence-corrected chi connectivity index (χ0v) is 55.2. The van der Waals surface area contributed by atoms with Crippen LogP contribution in [0.25, 0.3) is 44.2 Å². The number of phenols is 2. The lowest BCUT2D eigenvalue weighted by molar-refractivity contribution is -0.117.